The van der Waals surface area contributed by atoms with Gasteiger partial charge in [-0.3, -0.25) is 9.69 Å². The highest BCUT2D eigenvalue weighted by molar-refractivity contribution is 6.05. The van der Waals surface area contributed by atoms with E-state index < -0.39 is 0 Å². The summed E-state index contributed by atoms with van der Waals surface area (Å²) in [5, 5.41) is 2.87. The van der Waals surface area contributed by atoms with Crippen molar-refractivity contribution >= 4 is 23.4 Å². The molecule has 2 aromatic carbocycles. The van der Waals surface area contributed by atoms with E-state index in [0.29, 0.717) is 16.9 Å². The van der Waals surface area contributed by atoms with Gasteiger partial charge in [0.1, 0.15) is 0 Å². The van der Waals surface area contributed by atoms with Crippen molar-refractivity contribution in [1.29, 1.82) is 0 Å². The molecule has 0 saturated carbocycles. The molecule has 1 heterocycles. The van der Waals surface area contributed by atoms with Crippen LogP contribution in [0, 0.1) is 0 Å². The maximum atomic E-state index is 12.5. The van der Waals surface area contributed by atoms with Crippen LogP contribution in [0.1, 0.15) is 35.7 Å². The highest BCUT2D eigenvalue weighted by atomic mass is 16.1. The lowest BCUT2D eigenvalue weighted by molar-refractivity contribution is 0.102. The number of nitrogen functional groups attached to an aromatic ring is 1. The summed E-state index contributed by atoms with van der Waals surface area (Å²) in [5.74, 6) is -0.155. The maximum Gasteiger partial charge on any atom is 0.255 e. The van der Waals surface area contributed by atoms with Crippen LogP contribution in [0.15, 0.2) is 89.6 Å². The van der Waals surface area contributed by atoms with Gasteiger partial charge in [0.2, 0.25) is 0 Å². The molecule has 158 valence electrons. The molecule has 31 heavy (non-hydrogen) atoms. The van der Waals surface area contributed by atoms with Crippen LogP contribution in [-0.2, 0) is 0 Å². The van der Waals surface area contributed by atoms with E-state index in [2.05, 4.69) is 47.5 Å². The average molecular weight is 412 g/mol. The zero-order valence-corrected chi connectivity index (χ0v) is 18.0. The Kier molecular flexibility index (Phi) is 6.48. The molecule has 2 aromatic rings. The summed E-state index contributed by atoms with van der Waals surface area (Å²) in [6.45, 7) is 5.24. The standard InChI is InChI=1S/C27H29N3O/c1-20-7-3-2-4-8-22(15-20)17-30-18-23(19-30)16-21-11-13-24(14-12-21)27(31)29-26-10-6-5-9-25(26)28/h2,4-14,16H,3,15,17-19,28H2,1H3,(H,29,31)/b4-2-,20-7?,22-8+. The highest BCUT2D eigenvalue weighted by Crippen LogP contribution is 2.23. The van der Waals surface area contributed by atoms with Crippen LogP contribution >= 0.6 is 0 Å². The molecule has 0 spiro atoms. The van der Waals surface area contributed by atoms with Gasteiger partial charge in [0.15, 0.2) is 0 Å². The summed E-state index contributed by atoms with van der Waals surface area (Å²) >= 11 is 0. The fraction of sp³-hybridized carbons (Fsp3) is 0.222. The third-order valence-electron chi connectivity index (χ3n) is 5.61. The first kappa shape index (κ1) is 20.9. The minimum absolute atomic E-state index is 0.155. The summed E-state index contributed by atoms with van der Waals surface area (Å²) in [7, 11) is 0. The molecule has 1 saturated heterocycles. The van der Waals surface area contributed by atoms with E-state index in [1.807, 2.05) is 36.4 Å². The van der Waals surface area contributed by atoms with Gasteiger partial charge in [-0.05, 0) is 55.2 Å². The van der Waals surface area contributed by atoms with Crippen LogP contribution in [-0.4, -0.2) is 30.4 Å². The first-order valence-electron chi connectivity index (χ1n) is 10.7. The largest absolute Gasteiger partial charge is 0.397 e. The normalized spacial score (nSPS) is 19.2. The van der Waals surface area contributed by atoms with E-state index in [0.717, 1.165) is 38.0 Å². The van der Waals surface area contributed by atoms with Gasteiger partial charge in [0, 0.05) is 25.2 Å². The minimum atomic E-state index is -0.155. The molecular formula is C27H29N3O. The van der Waals surface area contributed by atoms with Crippen LogP contribution in [0.2, 0.25) is 0 Å². The predicted molar refractivity (Wildman–Crippen MR) is 130 cm³/mol. The Morgan fingerprint density at radius 1 is 1.13 bits per heavy atom. The Hall–Kier alpha value is -3.37. The van der Waals surface area contributed by atoms with Crippen molar-refractivity contribution in [2.45, 2.75) is 19.8 Å². The Morgan fingerprint density at radius 2 is 1.90 bits per heavy atom. The molecular weight excluding hydrogens is 382 g/mol. The first-order chi connectivity index (χ1) is 15.1. The average Bonchev–Trinajstić information content (AvgIpc) is 2.72. The number of allylic oxidation sites excluding steroid dienone is 5. The Labute approximate surface area is 184 Å². The summed E-state index contributed by atoms with van der Waals surface area (Å²) in [6, 6.07) is 15.0. The molecule has 0 aromatic heterocycles. The van der Waals surface area contributed by atoms with Gasteiger partial charge in [-0.15, -0.1) is 0 Å². The van der Waals surface area contributed by atoms with Crippen LogP contribution in [0.5, 0.6) is 0 Å². The van der Waals surface area contributed by atoms with Crippen molar-refractivity contribution in [3.63, 3.8) is 0 Å². The fourth-order valence-corrected chi connectivity index (χ4v) is 3.94. The number of para-hydroxylation sites is 2. The van der Waals surface area contributed by atoms with Gasteiger partial charge < -0.3 is 11.1 Å². The van der Waals surface area contributed by atoms with Crippen molar-refractivity contribution < 1.29 is 4.79 Å². The summed E-state index contributed by atoms with van der Waals surface area (Å²) in [6.07, 6.45) is 13.3. The molecule has 4 nitrogen and oxygen atoms in total. The number of nitrogens with zero attached hydrogens (tertiary/aromatic N) is 1. The Balaban J connectivity index is 1.31. The van der Waals surface area contributed by atoms with Crippen molar-refractivity contribution in [2.24, 2.45) is 0 Å². The number of amides is 1. The summed E-state index contributed by atoms with van der Waals surface area (Å²) < 4.78 is 0. The number of hydrogen-bond donors (Lipinski definition) is 2. The molecule has 1 aliphatic heterocycles. The lowest BCUT2D eigenvalue weighted by Gasteiger charge is -2.35. The Morgan fingerprint density at radius 3 is 2.68 bits per heavy atom. The second kappa shape index (κ2) is 9.63. The van der Waals surface area contributed by atoms with Gasteiger partial charge in [0.25, 0.3) is 5.91 Å². The summed E-state index contributed by atoms with van der Waals surface area (Å²) in [4.78, 5) is 14.9. The fourth-order valence-electron chi connectivity index (χ4n) is 3.94. The zero-order valence-electron chi connectivity index (χ0n) is 18.0. The molecule has 4 heteroatoms. The van der Waals surface area contributed by atoms with Crippen molar-refractivity contribution in [3.8, 4) is 0 Å². The lowest BCUT2D eigenvalue weighted by atomic mass is 9.98. The van der Waals surface area contributed by atoms with Crippen molar-refractivity contribution in [1.82, 2.24) is 4.90 Å². The quantitative estimate of drug-likeness (QED) is 0.509. The molecule has 0 radical (unpaired) electrons. The summed E-state index contributed by atoms with van der Waals surface area (Å²) in [5.41, 5.74) is 13.2. The van der Waals surface area contributed by atoms with Gasteiger partial charge in [-0.2, -0.15) is 0 Å². The topological polar surface area (TPSA) is 58.4 Å². The number of carbonyl (C=O) groups is 1. The molecule has 0 bridgehead atoms. The molecule has 2 aliphatic rings. The SMILES string of the molecule is CC1=CC/C=C\C=C(\CN2CC(=Cc3ccc(C(=O)Nc4ccccc4N)cc3)C2)C1. The third kappa shape index (κ3) is 5.62. The van der Waals surface area contributed by atoms with Crippen LogP contribution in [0.3, 0.4) is 0 Å². The molecule has 1 aliphatic carbocycles. The number of nitrogens with one attached hydrogen (secondary N) is 1. The van der Waals surface area contributed by atoms with E-state index in [1.165, 1.54) is 16.7 Å². The first-order valence-corrected chi connectivity index (χ1v) is 10.7. The highest BCUT2D eigenvalue weighted by Gasteiger charge is 2.20. The third-order valence-corrected chi connectivity index (χ3v) is 5.61. The van der Waals surface area contributed by atoms with Crippen molar-refractivity contribution in [3.05, 3.63) is 101 Å². The van der Waals surface area contributed by atoms with Gasteiger partial charge in [0.05, 0.1) is 11.4 Å². The Bertz CT molecular complexity index is 1070. The van der Waals surface area contributed by atoms with Crippen LogP contribution in [0.4, 0.5) is 11.4 Å². The van der Waals surface area contributed by atoms with E-state index in [1.54, 1.807) is 12.1 Å². The van der Waals surface area contributed by atoms with E-state index in [9.17, 15) is 4.79 Å². The number of anilines is 2. The number of hydrogen-bond acceptors (Lipinski definition) is 3. The predicted octanol–water partition coefficient (Wildman–Crippen LogP) is 5.44. The van der Waals surface area contributed by atoms with Gasteiger partial charge in [-0.1, -0.05) is 65.8 Å². The van der Waals surface area contributed by atoms with E-state index >= 15 is 0 Å². The molecule has 4 rings (SSSR count). The number of benzene rings is 2. The second-order valence-electron chi connectivity index (χ2n) is 8.33. The van der Waals surface area contributed by atoms with E-state index in [-0.39, 0.29) is 5.91 Å². The van der Waals surface area contributed by atoms with E-state index in [4.69, 9.17) is 5.73 Å². The molecule has 0 unspecified atom stereocenters. The lowest BCUT2D eigenvalue weighted by Crippen LogP contribution is -2.41. The van der Waals surface area contributed by atoms with Crippen molar-refractivity contribution in [2.75, 3.05) is 30.7 Å². The minimum Gasteiger partial charge on any atom is -0.397 e. The number of carbonyl (C=O) groups excluding carboxylic acids is 1. The number of nitrogens with two attached hydrogens (primary N) is 1. The molecule has 0 atom stereocenters. The van der Waals surface area contributed by atoms with Crippen LogP contribution < -0.4 is 11.1 Å². The molecule has 1 fully saturated rings. The number of rotatable bonds is 5. The molecule has 3 N–H and O–H groups in total. The smallest absolute Gasteiger partial charge is 0.255 e. The monoisotopic (exact) mass is 411 g/mol. The maximum absolute atomic E-state index is 12.5. The van der Waals surface area contributed by atoms with Crippen LogP contribution in [0.25, 0.3) is 6.08 Å². The number of likely N-dealkylation sites (tertiary alicyclic amines) is 1. The second-order valence-corrected chi connectivity index (χ2v) is 8.33. The molecule has 1 amide bonds. The van der Waals surface area contributed by atoms with Gasteiger partial charge >= 0.3 is 0 Å². The zero-order chi connectivity index (χ0) is 21.6. The van der Waals surface area contributed by atoms with Gasteiger partial charge in [-0.25, -0.2) is 0 Å².